The van der Waals surface area contributed by atoms with Crippen molar-refractivity contribution in [1.29, 1.82) is 0 Å². The quantitative estimate of drug-likeness (QED) is 0.167. The van der Waals surface area contributed by atoms with Crippen molar-refractivity contribution in [1.82, 2.24) is 24.2 Å². The summed E-state index contributed by atoms with van der Waals surface area (Å²) in [5.74, 6) is -0.145. The summed E-state index contributed by atoms with van der Waals surface area (Å²) in [6.45, 7) is 10.4. The van der Waals surface area contributed by atoms with Crippen molar-refractivity contribution < 1.29 is 18.0 Å². The van der Waals surface area contributed by atoms with Gasteiger partial charge in [-0.25, -0.2) is 9.97 Å². The van der Waals surface area contributed by atoms with Crippen LogP contribution in [0.4, 0.5) is 30.4 Å². The Kier molecular flexibility index (Phi) is 9.45. The number of alkyl halides is 3. The van der Waals surface area contributed by atoms with Crippen LogP contribution in [0, 0.1) is 6.92 Å². The van der Waals surface area contributed by atoms with E-state index < -0.39 is 17.6 Å². The number of nitrogens with zero attached hydrogens (tertiary/aromatic N) is 6. The molecule has 2 aromatic heterocycles. The SMILES string of the molecule is C=N/C=C\C=C(/C)c1cn2ccnc2c(Nc2cc(NC(=O)c3ccc(CN4CCN(C)CC4)c(C(F)(F)F)c3)ccc2C)n1. The number of aliphatic imine (C=N–C) groups is 1. The summed E-state index contributed by atoms with van der Waals surface area (Å²) in [4.78, 5) is 30.2. The number of aryl methyl sites for hydroxylation is 1. The van der Waals surface area contributed by atoms with Gasteiger partial charge < -0.3 is 19.9 Å². The standard InChI is InChI=1S/C33H35F3N8O/c1-22(6-5-11-37-3)29-21-44-13-12-38-31(44)30(41-29)40-28-19-26(10-7-23(28)2)39-32(45)24-8-9-25(27(18-24)33(34,35)36)20-43-16-14-42(4)15-17-43/h5-13,18-19,21H,3,14-17,20H2,1-2,4H3,(H,39,45)(H,40,41)/b11-5-,22-6+. The molecule has 45 heavy (non-hydrogen) atoms. The Morgan fingerprint density at radius 3 is 2.64 bits per heavy atom. The number of anilines is 3. The number of allylic oxidation sites excluding steroid dienone is 3. The first-order chi connectivity index (χ1) is 21.5. The lowest BCUT2D eigenvalue weighted by molar-refractivity contribution is -0.138. The summed E-state index contributed by atoms with van der Waals surface area (Å²) in [5, 5.41) is 6.07. The van der Waals surface area contributed by atoms with Crippen LogP contribution >= 0.6 is 0 Å². The Morgan fingerprint density at radius 1 is 1.13 bits per heavy atom. The van der Waals surface area contributed by atoms with Crippen LogP contribution in [0.1, 0.15) is 39.7 Å². The highest BCUT2D eigenvalue weighted by Crippen LogP contribution is 2.34. The molecule has 0 radical (unpaired) electrons. The number of carbonyl (C=O) groups is 1. The molecule has 0 saturated carbocycles. The zero-order valence-corrected chi connectivity index (χ0v) is 25.4. The Morgan fingerprint density at radius 2 is 1.91 bits per heavy atom. The number of imidazole rings is 1. The number of aromatic nitrogens is 3. The number of likely N-dealkylation sites (N-methyl/N-ethyl adjacent to an activating group) is 1. The molecule has 4 aromatic rings. The number of rotatable bonds is 9. The van der Waals surface area contributed by atoms with Crippen LogP contribution in [-0.2, 0) is 12.7 Å². The summed E-state index contributed by atoms with van der Waals surface area (Å²) >= 11 is 0. The van der Waals surface area contributed by atoms with Crippen molar-refractivity contribution in [3.8, 4) is 0 Å². The Labute approximate surface area is 259 Å². The van der Waals surface area contributed by atoms with Crippen LogP contribution in [-0.4, -0.2) is 70.0 Å². The number of halogens is 3. The second kappa shape index (κ2) is 13.4. The smallest absolute Gasteiger partial charge is 0.337 e. The zero-order valence-electron chi connectivity index (χ0n) is 25.4. The van der Waals surface area contributed by atoms with Crippen molar-refractivity contribution in [3.63, 3.8) is 0 Å². The number of nitrogens with one attached hydrogen (secondary N) is 2. The van der Waals surface area contributed by atoms with Gasteiger partial charge in [0.15, 0.2) is 11.5 Å². The molecule has 3 heterocycles. The molecule has 1 aliphatic rings. The molecule has 5 rings (SSSR count). The van der Waals surface area contributed by atoms with E-state index in [9.17, 15) is 18.0 Å². The second-order valence-electron chi connectivity index (χ2n) is 11.1. The number of fused-ring (bicyclic) bond motifs is 1. The number of piperazine rings is 1. The van der Waals surface area contributed by atoms with Gasteiger partial charge in [-0.15, -0.1) is 0 Å². The van der Waals surface area contributed by atoms with Gasteiger partial charge in [0.1, 0.15) is 0 Å². The highest BCUT2D eigenvalue weighted by atomic mass is 19.4. The third-order valence-electron chi connectivity index (χ3n) is 7.73. The Hall–Kier alpha value is -4.81. The third-order valence-corrected chi connectivity index (χ3v) is 7.73. The first-order valence-corrected chi connectivity index (χ1v) is 14.4. The topological polar surface area (TPSA) is 90.2 Å². The van der Waals surface area contributed by atoms with E-state index in [-0.39, 0.29) is 17.7 Å². The number of carbonyl (C=O) groups excluding carboxylic acids is 1. The molecule has 0 bridgehead atoms. The van der Waals surface area contributed by atoms with Gasteiger partial charge in [0.25, 0.3) is 5.91 Å². The fourth-order valence-electron chi connectivity index (χ4n) is 5.07. The summed E-state index contributed by atoms with van der Waals surface area (Å²) < 4.78 is 44.1. The molecule has 0 aliphatic carbocycles. The van der Waals surface area contributed by atoms with Crippen molar-refractivity contribution in [2.75, 3.05) is 43.9 Å². The van der Waals surface area contributed by atoms with Gasteiger partial charge in [0.2, 0.25) is 0 Å². The maximum absolute atomic E-state index is 14.1. The number of benzene rings is 2. The van der Waals surface area contributed by atoms with Crippen LogP contribution in [0.5, 0.6) is 0 Å². The summed E-state index contributed by atoms with van der Waals surface area (Å²) in [6, 6.07) is 9.02. The monoisotopic (exact) mass is 616 g/mol. The first-order valence-electron chi connectivity index (χ1n) is 14.4. The van der Waals surface area contributed by atoms with E-state index in [0.29, 0.717) is 41.6 Å². The van der Waals surface area contributed by atoms with Gasteiger partial charge in [0, 0.05) is 74.5 Å². The van der Waals surface area contributed by atoms with E-state index in [4.69, 9.17) is 4.98 Å². The van der Waals surface area contributed by atoms with Crippen LogP contribution in [0.3, 0.4) is 0 Å². The highest BCUT2D eigenvalue weighted by molar-refractivity contribution is 6.04. The second-order valence-corrected chi connectivity index (χ2v) is 11.1. The number of hydrogen-bond acceptors (Lipinski definition) is 7. The fourth-order valence-corrected chi connectivity index (χ4v) is 5.07. The largest absolute Gasteiger partial charge is 0.416 e. The normalized spacial score (nSPS) is 15.1. The van der Waals surface area contributed by atoms with Crippen molar-refractivity contribution >= 4 is 41.0 Å². The maximum atomic E-state index is 14.1. The van der Waals surface area contributed by atoms with E-state index in [1.54, 1.807) is 30.6 Å². The van der Waals surface area contributed by atoms with Crippen LogP contribution in [0.25, 0.3) is 11.2 Å². The minimum atomic E-state index is -4.59. The minimum absolute atomic E-state index is 0.0732. The average Bonchev–Trinajstić information content (AvgIpc) is 3.49. The molecular formula is C33H35F3N8O. The molecule has 0 unspecified atom stereocenters. The molecule has 2 aromatic carbocycles. The van der Waals surface area contributed by atoms with E-state index in [0.717, 1.165) is 30.3 Å². The zero-order chi connectivity index (χ0) is 32.1. The van der Waals surface area contributed by atoms with Gasteiger partial charge >= 0.3 is 6.18 Å². The lowest BCUT2D eigenvalue weighted by atomic mass is 10.0. The molecule has 0 spiro atoms. The molecule has 1 aliphatic heterocycles. The van der Waals surface area contributed by atoms with Crippen molar-refractivity contribution in [2.24, 2.45) is 4.99 Å². The fraction of sp³-hybridized carbons (Fsp3) is 0.273. The van der Waals surface area contributed by atoms with Gasteiger partial charge in [0.05, 0.1) is 11.3 Å². The van der Waals surface area contributed by atoms with Gasteiger partial charge in [-0.05, 0) is 74.7 Å². The predicted molar refractivity (Wildman–Crippen MR) is 172 cm³/mol. The van der Waals surface area contributed by atoms with E-state index in [1.807, 2.05) is 54.7 Å². The Bertz CT molecular complexity index is 1770. The lowest BCUT2D eigenvalue weighted by Crippen LogP contribution is -2.44. The maximum Gasteiger partial charge on any atom is 0.416 e. The first kappa shape index (κ1) is 31.6. The van der Waals surface area contributed by atoms with E-state index in [1.165, 1.54) is 12.1 Å². The summed E-state index contributed by atoms with van der Waals surface area (Å²) in [5.41, 5.74) is 3.41. The average molecular weight is 617 g/mol. The van der Waals surface area contributed by atoms with Gasteiger partial charge in [-0.3, -0.25) is 14.7 Å². The summed E-state index contributed by atoms with van der Waals surface area (Å²) in [7, 11) is 1.99. The predicted octanol–water partition coefficient (Wildman–Crippen LogP) is 6.42. The summed E-state index contributed by atoms with van der Waals surface area (Å²) in [6.07, 6.45) is 5.97. The van der Waals surface area contributed by atoms with Crippen LogP contribution < -0.4 is 10.6 Å². The number of hydrogen-bond donors (Lipinski definition) is 2. The molecule has 234 valence electrons. The van der Waals surface area contributed by atoms with E-state index >= 15 is 0 Å². The van der Waals surface area contributed by atoms with E-state index in [2.05, 4.69) is 32.2 Å². The van der Waals surface area contributed by atoms with Crippen LogP contribution in [0.2, 0.25) is 0 Å². The van der Waals surface area contributed by atoms with Gasteiger partial charge in [-0.2, -0.15) is 13.2 Å². The van der Waals surface area contributed by atoms with Crippen molar-refractivity contribution in [2.45, 2.75) is 26.6 Å². The molecular weight excluding hydrogens is 581 g/mol. The minimum Gasteiger partial charge on any atom is -0.337 e. The Balaban J connectivity index is 1.37. The molecule has 1 saturated heterocycles. The highest BCUT2D eigenvalue weighted by Gasteiger charge is 2.34. The number of amides is 1. The van der Waals surface area contributed by atoms with Gasteiger partial charge in [-0.1, -0.05) is 18.2 Å². The lowest BCUT2D eigenvalue weighted by Gasteiger charge is -2.33. The van der Waals surface area contributed by atoms with Crippen molar-refractivity contribution in [3.05, 3.63) is 101 Å². The van der Waals surface area contributed by atoms with Crippen LogP contribution in [0.15, 0.2) is 78.3 Å². The molecule has 0 atom stereocenters. The molecule has 1 fully saturated rings. The molecule has 2 N–H and O–H groups in total. The molecule has 1 amide bonds. The molecule has 9 nitrogen and oxygen atoms in total. The third kappa shape index (κ3) is 7.65. The molecule has 12 heteroatoms.